The number of hydrogen-bond acceptors (Lipinski definition) is 0. The van der Waals surface area contributed by atoms with Gasteiger partial charge >= 0.3 is 26.2 Å². The Morgan fingerprint density at radius 1 is 1.30 bits per heavy atom. The Labute approximate surface area is 156 Å². The predicted octanol–water partition coefficient (Wildman–Crippen LogP) is -1.90. The molecule has 3 rings (SSSR count). The van der Waals surface area contributed by atoms with Gasteiger partial charge in [0.1, 0.15) is 0 Å². The fourth-order valence-electron chi connectivity index (χ4n) is 2.68. The normalized spacial score (nSPS) is 16.7. The monoisotopic (exact) mass is 402 g/mol. The minimum absolute atomic E-state index is 0. The Hall–Kier alpha value is 0.510. The number of halogens is 2. The van der Waals surface area contributed by atoms with Crippen LogP contribution in [0.25, 0.3) is 0 Å². The van der Waals surface area contributed by atoms with Gasteiger partial charge in [0.25, 0.3) is 0 Å². The maximum atomic E-state index is 2.99. The van der Waals surface area contributed by atoms with Crippen LogP contribution in [0.2, 0.25) is 18.1 Å². The molecule has 108 valence electrons. The zero-order chi connectivity index (χ0) is 12.1. The molecule has 1 saturated heterocycles. The second kappa shape index (κ2) is 11.1. The molecular formula is C16H22Cl2SiZr. The van der Waals surface area contributed by atoms with Crippen molar-refractivity contribution in [1.29, 1.82) is 0 Å². The van der Waals surface area contributed by atoms with Crippen molar-refractivity contribution in [2.24, 2.45) is 0 Å². The maximum absolute atomic E-state index is 2.99. The molecule has 0 amide bonds. The molecule has 4 heteroatoms. The van der Waals surface area contributed by atoms with Crippen LogP contribution in [0, 0.1) is 13.0 Å². The molecule has 0 N–H and O–H groups in total. The Kier molecular flexibility index (Phi) is 12.7. The van der Waals surface area contributed by atoms with E-state index in [0.29, 0.717) is 0 Å². The van der Waals surface area contributed by atoms with Crippen molar-refractivity contribution >= 4 is 13.3 Å². The molecule has 0 aromatic heterocycles. The van der Waals surface area contributed by atoms with Gasteiger partial charge in [-0.1, -0.05) is 38.4 Å². The largest absolute Gasteiger partial charge is 4.00 e. The third-order valence-electron chi connectivity index (χ3n) is 4.09. The fraction of sp³-hybridized carbons (Fsp3) is 0.438. The van der Waals surface area contributed by atoms with Gasteiger partial charge in [-0.25, -0.2) is 23.8 Å². The van der Waals surface area contributed by atoms with Gasteiger partial charge in [0, 0.05) is 8.07 Å². The van der Waals surface area contributed by atoms with Crippen molar-refractivity contribution in [2.75, 3.05) is 0 Å². The zero-order valence-electron chi connectivity index (χ0n) is 12.3. The van der Waals surface area contributed by atoms with E-state index in [4.69, 9.17) is 0 Å². The van der Waals surface area contributed by atoms with Crippen LogP contribution >= 0.6 is 0 Å². The van der Waals surface area contributed by atoms with Gasteiger partial charge in [0.15, 0.2) is 0 Å². The summed E-state index contributed by atoms with van der Waals surface area (Å²) in [6.45, 7) is 4.59. The van der Waals surface area contributed by atoms with Crippen LogP contribution in [0.3, 0.4) is 0 Å². The first-order valence-electron chi connectivity index (χ1n) is 6.72. The Balaban J connectivity index is 0. The van der Waals surface area contributed by atoms with E-state index < -0.39 is 8.07 Å². The summed E-state index contributed by atoms with van der Waals surface area (Å²) in [5, 5.41) is 1.73. The third-order valence-corrected chi connectivity index (χ3v) is 9.61. The average molecular weight is 405 g/mol. The van der Waals surface area contributed by atoms with Crippen LogP contribution < -0.4 is 30.0 Å². The second-order valence-corrected chi connectivity index (χ2v) is 10.0. The number of rotatable bonds is 2. The van der Waals surface area contributed by atoms with E-state index in [1.54, 1.807) is 17.3 Å². The van der Waals surface area contributed by atoms with Gasteiger partial charge in [-0.3, -0.25) is 6.08 Å². The van der Waals surface area contributed by atoms with Crippen LogP contribution in [0.5, 0.6) is 0 Å². The number of aryl methyl sites for hydroxylation is 1. The summed E-state index contributed by atoms with van der Waals surface area (Å²) in [6, 6.07) is 11.6. The Morgan fingerprint density at radius 2 is 2.00 bits per heavy atom. The molecule has 1 aliphatic heterocycles. The predicted molar refractivity (Wildman–Crippen MR) is 78.4 cm³/mol. The minimum Gasteiger partial charge on any atom is -1.00 e. The summed E-state index contributed by atoms with van der Waals surface area (Å²) in [5.74, 6) is 0. The first-order valence-corrected chi connectivity index (χ1v) is 9.34. The summed E-state index contributed by atoms with van der Waals surface area (Å²) in [7, 11) is -0.872. The molecule has 1 aromatic carbocycles. The van der Waals surface area contributed by atoms with Crippen molar-refractivity contribution in [1.82, 2.24) is 0 Å². The molecule has 2 aliphatic rings. The summed E-state index contributed by atoms with van der Waals surface area (Å²) < 4.78 is 0. The van der Waals surface area contributed by atoms with Crippen molar-refractivity contribution in [2.45, 2.75) is 44.8 Å². The molecule has 0 nitrogen and oxygen atoms in total. The molecule has 1 fully saturated rings. The summed E-state index contributed by atoms with van der Waals surface area (Å²) in [5.41, 5.74) is 1.46. The first-order chi connectivity index (χ1) is 8.27. The summed E-state index contributed by atoms with van der Waals surface area (Å²) in [6.07, 6.45) is 11.5. The number of hydrogen-bond donors (Lipinski definition) is 0. The minimum atomic E-state index is -0.872. The van der Waals surface area contributed by atoms with Gasteiger partial charge in [0.2, 0.25) is 0 Å². The van der Waals surface area contributed by atoms with Crippen LogP contribution in [0.15, 0.2) is 36.4 Å². The molecule has 1 aliphatic carbocycles. The molecule has 0 radical (unpaired) electrons. The molecule has 0 bridgehead atoms. The standard InChI is InChI=1S/C11H17Si.C5H5.2ClH.Zr/c1-3-12(7-4-8-12)11-6-5-10(2)9-11;1-2-4-5-3-1;;;/h5-6,9H,3-4,7-8H2,1-2H3;1-3H,4H2;2*1H;/q2*-1;;;+4/p-2. The van der Waals surface area contributed by atoms with Gasteiger partial charge in [-0.15, -0.1) is 6.42 Å². The number of allylic oxidation sites excluding steroid dienone is 4. The van der Waals surface area contributed by atoms with Gasteiger partial charge < -0.3 is 24.8 Å². The summed E-state index contributed by atoms with van der Waals surface area (Å²) >= 11 is 0. The molecule has 0 unspecified atom stereocenters. The van der Waals surface area contributed by atoms with Gasteiger partial charge in [-0.05, 0) is 0 Å². The first kappa shape index (κ1) is 22.8. The Bertz CT molecular complexity index is 404. The van der Waals surface area contributed by atoms with Crippen LogP contribution in [0.4, 0.5) is 0 Å². The smallest absolute Gasteiger partial charge is 1.00 e. The zero-order valence-corrected chi connectivity index (χ0v) is 17.2. The third kappa shape index (κ3) is 5.72. The Morgan fingerprint density at radius 3 is 2.25 bits per heavy atom. The summed E-state index contributed by atoms with van der Waals surface area (Å²) in [4.78, 5) is 0. The van der Waals surface area contributed by atoms with E-state index in [0.717, 1.165) is 6.42 Å². The van der Waals surface area contributed by atoms with Gasteiger partial charge in [0.05, 0.1) is 0 Å². The van der Waals surface area contributed by atoms with E-state index in [-0.39, 0.29) is 51.0 Å². The van der Waals surface area contributed by atoms with Crippen LogP contribution in [-0.2, 0) is 26.2 Å². The molecule has 20 heavy (non-hydrogen) atoms. The quantitative estimate of drug-likeness (QED) is 0.399. The molecule has 0 spiro atoms. The van der Waals surface area contributed by atoms with E-state index in [1.165, 1.54) is 18.0 Å². The fourth-order valence-corrected chi connectivity index (χ4v) is 6.55. The van der Waals surface area contributed by atoms with E-state index in [1.807, 2.05) is 12.2 Å². The van der Waals surface area contributed by atoms with E-state index >= 15 is 0 Å². The van der Waals surface area contributed by atoms with Crippen molar-refractivity contribution in [3.05, 3.63) is 48.1 Å². The molecule has 1 heterocycles. The topological polar surface area (TPSA) is 0 Å². The van der Waals surface area contributed by atoms with Crippen molar-refractivity contribution in [3.63, 3.8) is 0 Å². The molecule has 1 aromatic rings. The van der Waals surface area contributed by atoms with Crippen molar-refractivity contribution in [3.8, 4) is 0 Å². The molecule has 0 atom stereocenters. The van der Waals surface area contributed by atoms with Crippen molar-refractivity contribution < 1.29 is 51.0 Å². The SMILES string of the molecule is CC[Si]1([c-]2ccc(C)c2)CCC1.[C-]1=CC=CC1.[Cl-].[Cl-].[Zr+4]. The van der Waals surface area contributed by atoms with Gasteiger partial charge in [-0.2, -0.15) is 23.4 Å². The molecule has 0 saturated carbocycles. The maximum Gasteiger partial charge on any atom is 4.00 e. The van der Waals surface area contributed by atoms with E-state index in [9.17, 15) is 0 Å². The van der Waals surface area contributed by atoms with Crippen LogP contribution in [-0.4, -0.2) is 8.07 Å². The molecular weight excluding hydrogens is 382 g/mol. The van der Waals surface area contributed by atoms with E-state index in [2.05, 4.69) is 44.2 Å². The van der Waals surface area contributed by atoms with Crippen LogP contribution in [0.1, 0.15) is 25.3 Å². The second-order valence-electron chi connectivity index (χ2n) is 5.17. The average Bonchev–Trinajstić information content (AvgIpc) is 2.91.